The maximum absolute atomic E-state index is 13.4. The van der Waals surface area contributed by atoms with Crippen LogP contribution in [-0.4, -0.2) is 35.9 Å². The number of benzene rings is 1. The molecule has 0 fully saturated rings. The Kier molecular flexibility index (Phi) is 9.61. The van der Waals surface area contributed by atoms with Crippen LogP contribution >= 0.6 is 0 Å². The van der Waals surface area contributed by atoms with Crippen LogP contribution in [0.25, 0.3) is 0 Å². The maximum Gasteiger partial charge on any atom is 0.416 e. The normalized spacial score (nSPS) is 14.1. The van der Waals surface area contributed by atoms with Crippen molar-refractivity contribution in [1.82, 2.24) is 4.98 Å². The first-order valence-electron chi connectivity index (χ1n) is 11.4. The van der Waals surface area contributed by atoms with Gasteiger partial charge in [-0.3, -0.25) is 14.4 Å². The molecule has 0 unspecified atom stereocenters. The minimum Gasteiger partial charge on any atom is -0.493 e. The first-order chi connectivity index (χ1) is 16.8. The molecule has 0 radical (unpaired) electrons. The van der Waals surface area contributed by atoms with E-state index in [2.05, 4.69) is 4.98 Å². The number of hydrogen-bond donors (Lipinski definition) is 0. The van der Waals surface area contributed by atoms with Crippen molar-refractivity contribution in [3.63, 3.8) is 0 Å². The number of alkyl halides is 3. The van der Waals surface area contributed by atoms with E-state index in [-0.39, 0.29) is 29.2 Å². The van der Waals surface area contributed by atoms with E-state index < -0.39 is 53.3 Å². The highest BCUT2D eigenvalue weighted by Gasteiger charge is 2.36. The number of esters is 2. The molecule has 0 spiro atoms. The fraction of sp³-hybridized carbons (Fsp3) is 0.462. The van der Waals surface area contributed by atoms with Gasteiger partial charge in [-0.15, -0.1) is 0 Å². The van der Waals surface area contributed by atoms with Crippen molar-refractivity contribution in [3.8, 4) is 11.5 Å². The van der Waals surface area contributed by atoms with E-state index in [1.807, 2.05) is 0 Å². The van der Waals surface area contributed by atoms with Gasteiger partial charge in [0.1, 0.15) is 6.10 Å². The van der Waals surface area contributed by atoms with E-state index in [1.165, 1.54) is 58.3 Å². The van der Waals surface area contributed by atoms with Crippen molar-refractivity contribution in [1.29, 1.82) is 0 Å². The molecule has 10 heteroatoms. The number of ketones is 1. The van der Waals surface area contributed by atoms with Crippen LogP contribution in [0.1, 0.15) is 68.6 Å². The number of methoxy groups -OCH3 is 1. The summed E-state index contributed by atoms with van der Waals surface area (Å²) in [4.78, 5) is 41.8. The van der Waals surface area contributed by atoms with Crippen LogP contribution in [0, 0.1) is 11.8 Å². The lowest BCUT2D eigenvalue weighted by Gasteiger charge is -2.25. The Morgan fingerprint density at radius 3 is 2.19 bits per heavy atom. The van der Waals surface area contributed by atoms with E-state index in [0.717, 1.165) is 6.07 Å². The van der Waals surface area contributed by atoms with Gasteiger partial charge in [0.15, 0.2) is 17.2 Å². The molecule has 1 heterocycles. The second-order valence-corrected chi connectivity index (χ2v) is 8.81. The monoisotopic (exact) mass is 509 g/mol. The molecule has 0 saturated carbocycles. The summed E-state index contributed by atoms with van der Waals surface area (Å²) in [6.07, 6.45) is -4.46. The largest absolute Gasteiger partial charge is 0.493 e. The molecule has 2 aromatic rings. The predicted molar refractivity (Wildman–Crippen MR) is 125 cm³/mol. The lowest BCUT2D eigenvalue weighted by molar-refractivity contribution is -0.153. The van der Waals surface area contributed by atoms with Crippen molar-refractivity contribution in [3.05, 3.63) is 53.3 Å². The lowest BCUT2D eigenvalue weighted by Crippen LogP contribution is -2.27. The minimum absolute atomic E-state index is 0.00576. The average Bonchev–Trinajstić information content (AvgIpc) is 2.82. The Balaban J connectivity index is 2.15. The van der Waals surface area contributed by atoms with Crippen LogP contribution in [0.3, 0.4) is 0 Å². The number of ether oxygens (including phenoxy) is 3. The van der Waals surface area contributed by atoms with E-state index in [9.17, 15) is 27.6 Å². The van der Waals surface area contributed by atoms with E-state index in [1.54, 1.807) is 13.8 Å². The summed E-state index contributed by atoms with van der Waals surface area (Å²) in [5.74, 6) is -4.12. The fourth-order valence-electron chi connectivity index (χ4n) is 3.37. The standard InChI is InChI=1S/C26H30F3NO6/c1-14(2)24(32)36-23-21(34-6)11-12-30-22(23)20(31)13-15(3)25(33)35-17(5)16(4)18-9-7-8-10-19(18)26(27,28)29/h7-12,14-17H,13H2,1-6H3/t15-,16+,17-/m1/s1. The van der Waals surface area contributed by atoms with Crippen molar-refractivity contribution < 1.29 is 41.8 Å². The molecular weight excluding hydrogens is 479 g/mol. The second-order valence-electron chi connectivity index (χ2n) is 8.81. The lowest BCUT2D eigenvalue weighted by atomic mass is 9.91. The van der Waals surface area contributed by atoms with Crippen molar-refractivity contribution in [2.75, 3.05) is 7.11 Å². The summed E-state index contributed by atoms with van der Waals surface area (Å²) in [6, 6.07) is 6.54. The average molecular weight is 510 g/mol. The molecule has 36 heavy (non-hydrogen) atoms. The first-order valence-corrected chi connectivity index (χ1v) is 11.4. The molecule has 7 nitrogen and oxygen atoms in total. The zero-order chi connectivity index (χ0) is 27.2. The zero-order valence-corrected chi connectivity index (χ0v) is 21.0. The number of aromatic nitrogens is 1. The molecular formula is C26H30F3NO6. The number of pyridine rings is 1. The Morgan fingerprint density at radius 2 is 1.61 bits per heavy atom. The van der Waals surface area contributed by atoms with Crippen molar-refractivity contribution >= 4 is 17.7 Å². The van der Waals surface area contributed by atoms with Crippen molar-refractivity contribution in [2.24, 2.45) is 11.8 Å². The Hall–Kier alpha value is -3.43. The number of nitrogens with zero attached hydrogens (tertiary/aromatic N) is 1. The highest BCUT2D eigenvalue weighted by molar-refractivity contribution is 6.00. The number of rotatable bonds is 10. The topological polar surface area (TPSA) is 91.8 Å². The quantitative estimate of drug-likeness (QED) is 0.303. The third-order valence-corrected chi connectivity index (χ3v) is 5.68. The highest BCUT2D eigenvalue weighted by Crippen LogP contribution is 2.37. The number of carbonyl (C=O) groups is 3. The van der Waals surface area contributed by atoms with Gasteiger partial charge in [-0.2, -0.15) is 13.2 Å². The minimum atomic E-state index is -4.55. The van der Waals surface area contributed by atoms with Crippen LogP contribution in [0.4, 0.5) is 13.2 Å². The van der Waals surface area contributed by atoms with Crippen LogP contribution in [0.5, 0.6) is 11.5 Å². The smallest absolute Gasteiger partial charge is 0.416 e. The molecule has 0 N–H and O–H groups in total. The SMILES string of the molecule is COc1ccnc(C(=O)C[C@@H](C)C(=O)O[C@H](C)[C@H](C)c2ccccc2C(F)(F)F)c1OC(=O)C(C)C. The van der Waals surface area contributed by atoms with Crippen LogP contribution in [-0.2, 0) is 20.5 Å². The molecule has 0 amide bonds. The van der Waals surface area contributed by atoms with Gasteiger partial charge >= 0.3 is 18.1 Å². The first kappa shape index (κ1) is 28.8. The van der Waals surface area contributed by atoms with Gasteiger partial charge in [0.25, 0.3) is 0 Å². The van der Waals surface area contributed by atoms with Gasteiger partial charge in [0.2, 0.25) is 5.75 Å². The molecule has 1 aromatic heterocycles. The summed E-state index contributed by atoms with van der Waals surface area (Å²) in [6.45, 7) is 7.74. The third kappa shape index (κ3) is 7.05. The number of halogens is 3. The van der Waals surface area contributed by atoms with E-state index >= 15 is 0 Å². The molecule has 1 aromatic carbocycles. The van der Waals surface area contributed by atoms with E-state index in [4.69, 9.17) is 14.2 Å². The van der Waals surface area contributed by atoms with Gasteiger partial charge in [0.05, 0.1) is 24.5 Å². The predicted octanol–water partition coefficient (Wildman–Crippen LogP) is 5.61. The Bertz CT molecular complexity index is 1100. The Labute approximate surface area is 208 Å². The Morgan fingerprint density at radius 1 is 0.972 bits per heavy atom. The van der Waals surface area contributed by atoms with Gasteiger partial charge in [-0.1, -0.05) is 45.9 Å². The highest BCUT2D eigenvalue weighted by atomic mass is 19.4. The molecule has 2 rings (SSSR count). The van der Waals surface area contributed by atoms with E-state index in [0.29, 0.717) is 0 Å². The third-order valence-electron chi connectivity index (χ3n) is 5.68. The van der Waals surface area contributed by atoms with Crippen LogP contribution in [0.2, 0.25) is 0 Å². The second kappa shape index (κ2) is 12.0. The van der Waals surface area contributed by atoms with Gasteiger partial charge in [0, 0.05) is 24.6 Å². The van der Waals surface area contributed by atoms with Crippen LogP contribution < -0.4 is 9.47 Å². The fourth-order valence-corrected chi connectivity index (χ4v) is 3.37. The molecule has 196 valence electrons. The summed E-state index contributed by atoms with van der Waals surface area (Å²) < 4.78 is 56.1. The number of hydrogen-bond acceptors (Lipinski definition) is 7. The molecule has 0 aliphatic carbocycles. The number of carbonyl (C=O) groups excluding carboxylic acids is 3. The van der Waals surface area contributed by atoms with Gasteiger partial charge < -0.3 is 14.2 Å². The maximum atomic E-state index is 13.4. The zero-order valence-electron chi connectivity index (χ0n) is 21.0. The van der Waals surface area contributed by atoms with Gasteiger partial charge in [-0.25, -0.2) is 4.98 Å². The molecule has 0 aliphatic heterocycles. The molecule has 0 bridgehead atoms. The van der Waals surface area contributed by atoms with Crippen LogP contribution in [0.15, 0.2) is 36.5 Å². The summed E-state index contributed by atoms with van der Waals surface area (Å²) >= 11 is 0. The molecule has 3 atom stereocenters. The van der Waals surface area contributed by atoms with Gasteiger partial charge in [-0.05, 0) is 18.6 Å². The summed E-state index contributed by atoms with van der Waals surface area (Å²) in [5, 5.41) is 0. The van der Waals surface area contributed by atoms with Crippen molar-refractivity contribution in [2.45, 2.75) is 59.2 Å². The molecule has 0 saturated heterocycles. The summed E-state index contributed by atoms with van der Waals surface area (Å²) in [5.41, 5.74) is -0.967. The summed E-state index contributed by atoms with van der Waals surface area (Å²) in [7, 11) is 1.34. The number of Topliss-reactive ketones (excluding diaryl/α,β-unsaturated/α-hetero) is 1. The molecule has 0 aliphatic rings.